The first-order valence-electron chi connectivity index (χ1n) is 7.45. The smallest absolute Gasteiger partial charge is 0.225 e. The van der Waals surface area contributed by atoms with Crippen LogP contribution in [0, 0.1) is 0 Å². The molecule has 0 saturated heterocycles. The minimum atomic E-state index is -0.155. The summed E-state index contributed by atoms with van der Waals surface area (Å²) < 4.78 is 0. The molecule has 1 heterocycles. The van der Waals surface area contributed by atoms with E-state index in [1.807, 2.05) is 6.92 Å². The Morgan fingerprint density at radius 3 is 2.71 bits per heavy atom. The van der Waals surface area contributed by atoms with Crippen LogP contribution in [0.1, 0.15) is 25.3 Å². The van der Waals surface area contributed by atoms with Crippen molar-refractivity contribution < 1.29 is 9.63 Å². The molecule has 0 spiro atoms. The van der Waals surface area contributed by atoms with Gasteiger partial charge >= 0.3 is 0 Å². The Bertz CT molecular complexity index is 721. The van der Waals surface area contributed by atoms with E-state index < -0.39 is 0 Å². The molecule has 0 radical (unpaired) electrons. The second-order valence-electron chi connectivity index (χ2n) is 4.85. The van der Waals surface area contributed by atoms with Gasteiger partial charge in [-0.3, -0.25) is 4.79 Å². The van der Waals surface area contributed by atoms with Crippen molar-refractivity contribution in [2.24, 2.45) is 5.16 Å². The van der Waals surface area contributed by atoms with Crippen molar-refractivity contribution >= 4 is 40.6 Å². The molecule has 1 aromatic carbocycles. The van der Waals surface area contributed by atoms with Crippen LogP contribution >= 0.6 is 23.2 Å². The molecule has 0 atom stereocenters. The maximum absolute atomic E-state index is 12.0. The fraction of sp³-hybridized carbons (Fsp3) is 0.235. The molecule has 2 rings (SSSR count). The molecule has 0 aliphatic carbocycles. The number of benzene rings is 1. The second kappa shape index (κ2) is 9.25. The van der Waals surface area contributed by atoms with Crippen LogP contribution in [0.25, 0.3) is 0 Å². The van der Waals surface area contributed by atoms with Gasteiger partial charge in [-0.15, -0.1) is 0 Å². The topological polar surface area (TPSA) is 63.6 Å². The zero-order chi connectivity index (χ0) is 17.4. The van der Waals surface area contributed by atoms with Crippen molar-refractivity contribution in [2.75, 3.05) is 11.9 Å². The molecule has 126 valence electrons. The highest BCUT2D eigenvalue weighted by Crippen LogP contribution is 2.23. The van der Waals surface area contributed by atoms with Crippen molar-refractivity contribution in [3.8, 4) is 0 Å². The summed E-state index contributed by atoms with van der Waals surface area (Å²) in [5, 5.41) is 7.70. The number of nitrogens with zero attached hydrogens (tertiary/aromatic N) is 2. The summed E-state index contributed by atoms with van der Waals surface area (Å²) in [4.78, 5) is 21.2. The van der Waals surface area contributed by atoms with Gasteiger partial charge in [-0.25, -0.2) is 4.98 Å². The Morgan fingerprint density at radius 2 is 2.04 bits per heavy atom. The van der Waals surface area contributed by atoms with E-state index in [9.17, 15) is 4.79 Å². The van der Waals surface area contributed by atoms with Crippen LogP contribution in [0.15, 0.2) is 47.8 Å². The van der Waals surface area contributed by atoms with Gasteiger partial charge in [0.1, 0.15) is 12.4 Å². The van der Waals surface area contributed by atoms with Crippen LogP contribution in [-0.2, 0) is 9.63 Å². The van der Waals surface area contributed by atoms with Gasteiger partial charge in [-0.1, -0.05) is 40.5 Å². The zero-order valence-electron chi connectivity index (χ0n) is 13.1. The van der Waals surface area contributed by atoms with Crippen molar-refractivity contribution in [3.63, 3.8) is 0 Å². The van der Waals surface area contributed by atoms with Gasteiger partial charge in [0.2, 0.25) is 5.91 Å². The zero-order valence-corrected chi connectivity index (χ0v) is 14.6. The van der Waals surface area contributed by atoms with Gasteiger partial charge in [0.15, 0.2) is 0 Å². The fourth-order valence-corrected chi connectivity index (χ4v) is 2.23. The Hall–Kier alpha value is -2.11. The Kier molecular flexibility index (Phi) is 7.03. The lowest BCUT2D eigenvalue weighted by Gasteiger charge is -2.08. The van der Waals surface area contributed by atoms with Gasteiger partial charge in [-0.2, -0.15) is 0 Å². The van der Waals surface area contributed by atoms with Crippen molar-refractivity contribution in [2.45, 2.75) is 19.8 Å². The molecule has 1 aromatic heterocycles. The summed E-state index contributed by atoms with van der Waals surface area (Å²) in [5.74, 6) is 0.360. The first-order valence-corrected chi connectivity index (χ1v) is 8.21. The lowest BCUT2D eigenvalue weighted by Crippen LogP contribution is -2.15. The Morgan fingerprint density at radius 1 is 1.21 bits per heavy atom. The molecule has 1 N–H and O–H groups in total. The first kappa shape index (κ1) is 18.2. The van der Waals surface area contributed by atoms with Gasteiger partial charge in [-0.05, 0) is 31.2 Å². The van der Waals surface area contributed by atoms with Gasteiger partial charge < -0.3 is 10.2 Å². The highest BCUT2D eigenvalue weighted by Gasteiger charge is 2.11. The molecule has 0 fully saturated rings. The highest BCUT2D eigenvalue weighted by molar-refractivity contribution is 6.42. The number of oxime groups is 1. The predicted octanol–water partition coefficient (Wildman–Crippen LogP) is 4.55. The van der Waals surface area contributed by atoms with Crippen molar-refractivity contribution in [3.05, 3.63) is 58.2 Å². The third kappa shape index (κ3) is 5.51. The maximum Gasteiger partial charge on any atom is 0.225 e. The molecule has 0 aliphatic rings. The Labute approximate surface area is 150 Å². The number of halogens is 2. The lowest BCUT2D eigenvalue weighted by molar-refractivity contribution is -0.116. The summed E-state index contributed by atoms with van der Waals surface area (Å²) in [7, 11) is 0. The molecule has 1 amide bonds. The average Bonchev–Trinajstić information content (AvgIpc) is 2.58. The summed E-state index contributed by atoms with van der Waals surface area (Å²) in [5.41, 5.74) is 1.40. The fourth-order valence-electron chi connectivity index (χ4n) is 1.93. The van der Waals surface area contributed by atoms with E-state index in [0.717, 1.165) is 5.56 Å². The minimum Gasteiger partial charge on any atom is -0.396 e. The molecule has 0 bridgehead atoms. The summed E-state index contributed by atoms with van der Waals surface area (Å²) in [6.45, 7) is 2.27. The van der Waals surface area contributed by atoms with Crippen molar-refractivity contribution in [1.29, 1.82) is 0 Å². The number of pyridine rings is 1. The molecule has 0 unspecified atom stereocenters. The van der Waals surface area contributed by atoms with E-state index in [0.29, 0.717) is 34.6 Å². The molecule has 0 saturated carbocycles. The van der Waals surface area contributed by atoms with Crippen LogP contribution < -0.4 is 5.32 Å². The van der Waals surface area contributed by atoms with Crippen LogP contribution in [0.5, 0.6) is 0 Å². The molecular weight excluding hydrogens is 349 g/mol. The molecule has 7 heteroatoms. The van der Waals surface area contributed by atoms with E-state index in [2.05, 4.69) is 15.5 Å². The molecule has 24 heavy (non-hydrogen) atoms. The predicted molar refractivity (Wildman–Crippen MR) is 96.7 cm³/mol. The third-order valence-corrected chi connectivity index (χ3v) is 3.82. The molecule has 2 aromatic rings. The van der Waals surface area contributed by atoms with Crippen LogP contribution in [0.2, 0.25) is 10.0 Å². The maximum atomic E-state index is 12.0. The van der Waals surface area contributed by atoms with E-state index in [1.165, 1.54) is 0 Å². The summed E-state index contributed by atoms with van der Waals surface area (Å²) in [6.07, 6.45) is 2.26. The number of carbonyl (C=O) groups is 1. The third-order valence-electron chi connectivity index (χ3n) is 3.08. The van der Waals surface area contributed by atoms with E-state index in [1.54, 1.807) is 42.6 Å². The SMILES string of the molecule is CCON=C(CCC(=O)Nc1ccccn1)c1ccc(Cl)c(Cl)c1. The van der Waals surface area contributed by atoms with Gasteiger partial charge in [0.25, 0.3) is 0 Å². The van der Waals surface area contributed by atoms with Gasteiger partial charge in [0, 0.05) is 24.6 Å². The standard InChI is InChI=1S/C17H17Cl2N3O2/c1-2-24-22-15(12-6-7-13(18)14(19)11-12)8-9-17(23)21-16-5-3-4-10-20-16/h3-7,10-11H,2,8-9H2,1H3,(H,20,21,23). The number of aromatic nitrogens is 1. The first-order chi connectivity index (χ1) is 11.6. The van der Waals surface area contributed by atoms with E-state index in [4.69, 9.17) is 28.0 Å². The number of amides is 1. The number of hydrogen-bond donors (Lipinski definition) is 1. The minimum absolute atomic E-state index is 0.155. The van der Waals surface area contributed by atoms with Crippen LogP contribution in [0.3, 0.4) is 0 Å². The van der Waals surface area contributed by atoms with Crippen molar-refractivity contribution in [1.82, 2.24) is 4.98 Å². The normalized spacial score (nSPS) is 11.2. The monoisotopic (exact) mass is 365 g/mol. The van der Waals surface area contributed by atoms with E-state index >= 15 is 0 Å². The number of carbonyl (C=O) groups excluding carboxylic acids is 1. The molecule has 5 nitrogen and oxygen atoms in total. The summed E-state index contributed by atoms with van der Waals surface area (Å²) >= 11 is 12.0. The largest absolute Gasteiger partial charge is 0.396 e. The molecule has 0 aliphatic heterocycles. The van der Waals surface area contributed by atoms with E-state index in [-0.39, 0.29) is 12.3 Å². The quantitative estimate of drug-likeness (QED) is 0.578. The number of hydrogen-bond acceptors (Lipinski definition) is 4. The lowest BCUT2D eigenvalue weighted by atomic mass is 10.1. The number of rotatable bonds is 7. The summed E-state index contributed by atoms with van der Waals surface area (Å²) in [6, 6.07) is 10.5. The second-order valence-corrected chi connectivity index (χ2v) is 5.66. The highest BCUT2D eigenvalue weighted by atomic mass is 35.5. The molecular formula is C17H17Cl2N3O2. The van der Waals surface area contributed by atoms with Crippen LogP contribution in [0.4, 0.5) is 5.82 Å². The number of anilines is 1. The Balaban J connectivity index is 2.03. The average molecular weight is 366 g/mol. The van der Waals surface area contributed by atoms with Crippen LogP contribution in [-0.4, -0.2) is 23.2 Å². The van der Waals surface area contributed by atoms with Gasteiger partial charge in [0.05, 0.1) is 15.8 Å². The number of nitrogens with one attached hydrogen (secondary N) is 1.